The second-order valence-electron chi connectivity index (χ2n) is 5.79. The zero-order chi connectivity index (χ0) is 25.0. The fourth-order valence-electron chi connectivity index (χ4n) is 1.99. The van der Waals surface area contributed by atoms with E-state index in [-0.39, 0.29) is 0 Å². The van der Waals surface area contributed by atoms with Crippen molar-refractivity contribution < 1.29 is 88.5 Å². The van der Waals surface area contributed by atoms with Crippen LogP contribution in [0.2, 0.25) is 0 Å². The predicted octanol–water partition coefficient (Wildman–Crippen LogP) is 5.38. The quantitative estimate of drug-likeness (QED) is 0.446. The molecule has 1 nitrogen and oxygen atoms in total. The first-order valence-corrected chi connectivity index (χ1v) is 6.31. The van der Waals surface area contributed by atoms with Gasteiger partial charge in [-0.2, -0.15) is 83.4 Å². The Morgan fingerprint density at radius 2 is 0.333 bits per heavy atom. The molecule has 0 unspecified atom stereocenters. The van der Waals surface area contributed by atoms with Crippen molar-refractivity contribution in [2.75, 3.05) is 0 Å². The van der Waals surface area contributed by atoms with Gasteiger partial charge in [0.2, 0.25) is 0 Å². The number of hydrogen-bond donors (Lipinski definition) is 1. The highest BCUT2D eigenvalue weighted by Gasteiger charge is 3.02. The molecule has 0 aromatic carbocycles. The Labute approximate surface area is 149 Å². The molecule has 0 radical (unpaired) electrons. The highest BCUT2D eigenvalue weighted by molar-refractivity contribution is 5.23. The number of rotatable bonds is 0. The summed E-state index contributed by atoms with van der Waals surface area (Å²) in [4.78, 5) is 0. The highest BCUT2D eigenvalue weighted by atomic mass is 19.4. The topological polar surface area (TPSA) is 20.2 Å². The molecule has 0 atom stereocenters. The smallest absolute Gasteiger partial charge is 0.352 e. The van der Waals surface area contributed by atoms with E-state index in [0.717, 1.165) is 0 Å². The van der Waals surface area contributed by atoms with E-state index in [1.807, 2.05) is 0 Å². The molecular weight excluding hydrogens is 497 g/mol. The number of hydrogen-bond acceptors (Lipinski definition) is 1. The van der Waals surface area contributed by atoms with E-state index in [4.69, 9.17) is 5.11 Å². The first kappa shape index (κ1) is 26.7. The predicted molar refractivity (Wildman–Crippen MR) is 50.6 cm³/mol. The molecular formula is C10HF19O. The lowest BCUT2D eigenvalue weighted by molar-refractivity contribution is -0.514. The number of aliphatic hydroxyl groups is 1. The Morgan fingerprint density at radius 3 is 0.467 bits per heavy atom. The second kappa shape index (κ2) is 5.70. The lowest BCUT2D eigenvalue weighted by Crippen LogP contribution is -2.83. The Morgan fingerprint density at radius 1 is 0.233 bits per heavy atom. The zero-order valence-corrected chi connectivity index (χ0v) is 12.6. The van der Waals surface area contributed by atoms with E-state index < -0.39 is 59.2 Å². The van der Waals surface area contributed by atoms with Gasteiger partial charge in [0.15, 0.2) is 0 Å². The van der Waals surface area contributed by atoms with Crippen LogP contribution >= 0.6 is 0 Å². The molecule has 1 aliphatic rings. The van der Waals surface area contributed by atoms with Crippen LogP contribution in [0, 0.1) is 0 Å². The lowest BCUT2D eigenvalue weighted by Gasteiger charge is -2.49. The normalized spacial score (nSPS) is 34.0. The summed E-state index contributed by atoms with van der Waals surface area (Å²) in [6.07, 6.45) is 0. The van der Waals surface area contributed by atoms with Crippen LogP contribution in [0.25, 0.3) is 0 Å². The minimum absolute atomic E-state index is 8.09. The summed E-state index contributed by atoms with van der Waals surface area (Å²) in [5.41, 5.74) is 0. The van der Waals surface area contributed by atoms with Gasteiger partial charge >= 0.3 is 59.2 Å². The molecule has 30 heavy (non-hydrogen) atoms. The maximum atomic E-state index is 13.3. The summed E-state index contributed by atoms with van der Waals surface area (Å²) in [6, 6.07) is 0. The third-order valence-corrected chi connectivity index (χ3v) is 3.99. The Kier molecular flexibility index (Phi) is 5.07. The summed E-state index contributed by atoms with van der Waals surface area (Å²) < 4.78 is 250. The van der Waals surface area contributed by atoms with Gasteiger partial charge in [-0.15, -0.1) is 0 Å². The standard InChI is InChI=1S/C10HF19O/c11-1(12)2(13,14)4(17,18)6(21,22)8(25,26)10(29,30)9(27,28)7(23,24)5(19,20)3(1,15)16/h30H. The molecule has 0 saturated heterocycles. The van der Waals surface area contributed by atoms with Gasteiger partial charge in [-0.25, -0.2) is 0 Å². The molecule has 1 rings (SSSR count). The Hall–Kier alpha value is -1.37. The van der Waals surface area contributed by atoms with E-state index in [0.29, 0.717) is 0 Å². The number of alkyl halides is 19. The van der Waals surface area contributed by atoms with Crippen molar-refractivity contribution in [2.24, 2.45) is 0 Å². The van der Waals surface area contributed by atoms with Crippen molar-refractivity contribution >= 4 is 0 Å². The Bertz CT molecular complexity index is 463. The van der Waals surface area contributed by atoms with Crippen molar-refractivity contribution in [3.8, 4) is 0 Å². The maximum absolute atomic E-state index is 13.3. The second-order valence-corrected chi connectivity index (χ2v) is 5.79. The largest absolute Gasteiger partial charge is 0.385 e. The highest BCUT2D eigenvalue weighted by Crippen LogP contribution is 2.69. The zero-order valence-electron chi connectivity index (χ0n) is 12.6. The third kappa shape index (κ3) is 2.23. The average Bonchev–Trinajstić information content (AvgIpc) is 2.51. The van der Waals surface area contributed by atoms with E-state index >= 15 is 0 Å². The van der Waals surface area contributed by atoms with Gasteiger partial charge in [0, 0.05) is 0 Å². The molecule has 0 bridgehead atoms. The fraction of sp³-hybridized carbons (Fsp3) is 1.00. The molecule has 0 aromatic heterocycles. The van der Waals surface area contributed by atoms with E-state index in [1.165, 1.54) is 0 Å². The first-order valence-electron chi connectivity index (χ1n) is 6.31. The van der Waals surface area contributed by atoms with Gasteiger partial charge in [-0.1, -0.05) is 0 Å². The molecule has 1 N–H and O–H groups in total. The summed E-state index contributed by atoms with van der Waals surface area (Å²) in [7, 11) is 0. The summed E-state index contributed by atoms with van der Waals surface area (Å²) >= 11 is 0. The van der Waals surface area contributed by atoms with Gasteiger partial charge < -0.3 is 5.11 Å². The van der Waals surface area contributed by atoms with Gasteiger partial charge in [-0.3, -0.25) is 0 Å². The minimum Gasteiger partial charge on any atom is -0.352 e. The van der Waals surface area contributed by atoms with Crippen molar-refractivity contribution in [1.82, 2.24) is 0 Å². The minimum atomic E-state index is -8.88. The van der Waals surface area contributed by atoms with E-state index in [9.17, 15) is 83.4 Å². The molecule has 180 valence electrons. The van der Waals surface area contributed by atoms with Crippen LogP contribution in [0.3, 0.4) is 0 Å². The van der Waals surface area contributed by atoms with Crippen molar-refractivity contribution in [3.63, 3.8) is 0 Å². The third-order valence-electron chi connectivity index (χ3n) is 3.99. The van der Waals surface area contributed by atoms with Crippen LogP contribution < -0.4 is 0 Å². The van der Waals surface area contributed by atoms with Crippen LogP contribution in [0.1, 0.15) is 0 Å². The monoisotopic (exact) mass is 498 g/mol. The summed E-state index contributed by atoms with van der Waals surface area (Å²) in [5.74, 6) is -87.7. The van der Waals surface area contributed by atoms with Gasteiger partial charge in [0.25, 0.3) is 0 Å². The van der Waals surface area contributed by atoms with Crippen molar-refractivity contribution in [2.45, 2.75) is 59.2 Å². The molecule has 0 aliphatic heterocycles. The van der Waals surface area contributed by atoms with Gasteiger partial charge in [-0.05, 0) is 0 Å². The van der Waals surface area contributed by atoms with Crippen LogP contribution in [0.15, 0.2) is 0 Å². The molecule has 0 spiro atoms. The fourth-order valence-corrected chi connectivity index (χ4v) is 1.99. The number of halogens is 19. The van der Waals surface area contributed by atoms with Crippen LogP contribution in [-0.2, 0) is 0 Å². The van der Waals surface area contributed by atoms with E-state index in [1.54, 1.807) is 0 Å². The van der Waals surface area contributed by atoms with Gasteiger partial charge in [0.05, 0.1) is 0 Å². The Balaban J connectivity index is 4.35. The van der Waals surface area contributed by atoms with Crippen molar-refractivity contribution in [3.05, 3.63) is 0 Å². The molecule has 0 amide bonds. The average molecular weight is 498 g/mol. The molecule has 1 fully saturated rings. The maximum Gasteiger partial charge on any atom is 0.385 e. The molecule has 20 heteroatoms. The van der Waals surface area contributed by atoms with Crippen LogP contribution in [0.5, 0.6) is 0 Å². The molecule has 1 saturated carbocycles. The first-order chi connectivity index (χ1) is 12.5. The lowest BCUT2D eigenvalue weighted by atomic mass is 9.79. The summed E-state index contributed by atoms with van der Waals surface area (Å²) in [5, 5.41) is 8.09. The summed E-state index contributed by atoms with van der Waals surface area (Å²) in [6.45, 7) is 0. The van der Waals surface area contributed by atoms with Crippen LogP contribution in [-0.4, -0.2) is 64.3 Å². The molecule has 0 heterocycles. The van der Waals surface area contributed by atoms with Crippen LogP contribution in [0.4, 0.5) is 83.4 Å². The van der Waals surface area contributed by atoms with Gasteiger partial charge in [0.1, 0.15) is 0 Å². The van der Waals surface area contributed by atoms with Crippen molar-refractivity contribution in [1.29, 1.82) is 0 Å². The molecule has 0 aromatic rings. The van der Waals surface area contributed by atoms with E-state index in [2.05, 4.69) is 0 Å². The SMILES string of the molecule is OC1(F)C(F)(F)C(F)(F)C(F)(F)C(F)(F)C(F)(F)C(F)(F)C(F)(F)C(F)(F)C1(F)F. The molecule has 1 aliphatic carbocycles.